The second kappa shape index (κ2) is 14.9. The van der Waals surface area contributed by atoms with Gasteiger partial charge in [-0.05, 0) is 96.5 Å². The highest BCUT2D eigenvalue weighted by molar-refractivity contribution is 7.62. The van der Waals surface area contributed by atoms with Gasteiger partial charge in [-0.2, -0.15) is 0 Å². The highest BCUT2D eigenvalue weighted by Crippen LogP contribution is 2.50. The second-order valence-corrected chi connectivity index (χ2v) is 15.5. The highest BCUT2D eigenvalue weighted by atomic mass is 31.2. The van der Waals surface area contributed by atoms with Crippen molar-refractivity contribution in [2.45, 2.75) is 53.4 Å². The van der Waals surface area contributed by atoms with Crippen LogP contribution in [0.3, 0.4) is 0 Å². The van der Waals surface area contributed by atoms with Crippen molar-refractivity contribution in [1.82, 2.24) is 0 Å². The van der Waals surface area contributed by atoms with Crippen LogP contribution in [-0.2, 0) is 52.9 Å². The van der Waals surface area contributed by atoms with Crippen molar-refractivity contribution < 1.29 is 47.7 Å². The summed E-state index contributed by atoms with van der Waals surface area (Å²) in [7, 11) is -7.56. The van der Waals surface area contributed by atoms with E-state index in [-0.39, 0.29) is 85.7 Å². The fourth-order valence-electron chi connectivity index (χ4n) is 6.07. The lowest BCUT2D eigenvalue weighted by atomic mass is 9.91. The minimum atomic E-state index is -3.78. The van der Waals surface area contributed by atoms with Crippen molar-refractivity contribution in [2.24, 2.45) is 0 Å². The van der Waals surface area contributed by atoms with Gasteiger partial charge in [-0.15, -0.1) is 0 Å². The van der Waals surface area contributed by atoms with Gasteiger partial charge in [-0.1, -0.05) is 36.4 Å². The van der Waals surface area contributed by atoms with Gasteiger partial charge < -0.3 is 38.5 Å². The first-order valence-corrected chi connectivity index (χ1v) is 19.1. The Bertz CT molecular complexity index is 1660. The average Bonchev–Trinajstić information content (AvgIpc) is 3.04. The zero-order chi connectivity index (χ0) is 34.6. The normalized spacial score (nSPS) is 13.4. The molecule has 4 aromatic carbocycles. The summed E-state index contributed by atoms with van der Waals surface area (Å²) in [5.41, 5.74) is 3.37. The molecule has 0 unspecified atom stereocenters. The molecule has 0 aliphatic heterocycles. The Morgan fingerprint density at radius 3 is 0.917 bits per heavy atom. The van der Waals surface area contributed by atoms with Crippen LogP contribution in [0.4, 0.5) is 0 Å². The molecule has 4 N–H and O–H groups in total. The smallest absolute Gasteiger partial charge is 0.361 e. The third-order valence-corrected chi connectivity index (χ3v) is 12.4. The lowest BCUT2D eigenvalue weighted by molar-refractivity contribution is 0.229. The first kappa shape index (κ1) is 35.7. The molecule has 1 aliphatic rings. The molecule has 1 aliphatic carbocycles. The fourth-order valence-corrected chi connectivity index (χ4v) is 9.43. The molecule has 8 bridgehead atoms. The maximum atomic E-state index is 13.9. The molecule has 0 saturated heterocycles. The summed E-state index contributed by atoms with van der Waals surface area (Å²) in [5.74, 6) is -0.258. The van der Waals surface area contributed by atoms with Crippen LogP contribution in [0, 0.1) is 0 Å². The predicted octanol–water partition coefficient (Wildman–Crippen LogP) is 6.97. The van der Waals surface area contributed by atoms with Crippen LogP contribution in [0.15, 0.2) is 60.7 Å². The molecule has 5 rings (SSSR count). The van der Waals surface area contributed by atoms with Crippen LogP contribution in [0.2, 0.25) is 0 Å². The number of phenols is 4. The van der Waals surface area contributed by atoms with Crippen molar-refractivity contribution in [1.29, 1.82) is 0 Å². The maximum absolute atomic E-state index is 13.9. The molecule has 0 spiro atoms. The van der Waals surface area contributed by atoms with Gasteiger partial charge in [0.1, 0.15) is 23.0 Å². The minimum Gasteiger partial charge on any atom is -0.507 e. The van der Waals surface area contributed by atoms with Crippen molar-refractivity contribution in [2.75, 3.05) is 26.4 Å². The minimum absolute atomic E-state index is 0.0533. The van der Waals surface area contributed by atoms with Crippen molar-refractivity contribution in [3.63, 3.8) is 0 Å². The lowest BCUT2D eigenvalue weighted by Gasteiger charge is -2.22. The summed E-state index contributed by atoms with van der Waals surface area (Å²) < 4.78 is 50.4. The monoisotopic (exact) mass is 696 g/mol. The van der Waals surface area contributed by atoms with Gasteiger partial charge in [0.15, 0.2) is 0 Å². The summed E-state index contributed by atoms with van der Waals surface area (Å²) >= 11 is 0. The standard InChI is InChI=1S/C36H42O10P2/c1-5-43-47(41,44-6-2)31-19-27-15-23-11-9-13-25(33(23)37)17-29-21-32(48(42,45-7-3)46-8-4)22-30(36(29)40)18-26-14-10-12-24(34(26)38)16-28(20-31)35(27)39/h9-14,19-22,37-40H,5-8,15-18H2,1-4H3. The van der Waals surface area contributed by atoms with Crippen LogP contribution < -0.4 is 10.6 Å². The van der Waals surface area contributed by atoms with E-state index in [9.17, 15) is 29.6 Å². The molecule has 0 radical (unpaired) electrons. The van der Waals surface area contributed by atoms with E-state index in [0.29, 0.717) is 44.5 Å². The molecule has 0 amide bonds. The topological polar surface area (TPSA) is 152 Å². The van der Waals surface area contributed by atoms with Gasteiger partial charge in [0.05, 0.1) is 37.0 Å². The van der Waals surface area contributed by atoms with Crippen LogP contribution in [0.5, 0.6) is 23.0 Å². The first-order chi connectivity index (χ1) is 23.0. The van der Waals surface area contributed by atoms with Gasteiger partial charge in [-0.3, -0.25) is 9.13 Å². The molecular weight excluding hydrogens is 654 g/mol. The third-order valence-electron chi connectivity index (χ3n) is 8.26. The predicted molar refractivity (Wildman–Crippen MR) is 185 cm³/mol. The Balaban J connectivity index is 1.77. The van der Waals surface area contributed by atoms with Crippen molar-refractivity contribution in [3.8, 4) is 23.0 Å². The molecule has 0 aromatic heterocycles. The largest absolute Gasteiger partial charge is 0.507 e. The molecule has 0 atom stereocenters. The van der Waals surface area contributed by atoms with Gasteiger partial charge in [0.25, 0.3) is 0 Å². The molecular formula is C36H42O10P2. The van der Waals surface area contributed by atoms with Gasteiger partial charge in [-0.25, -0.2) is 0 Å². The summed E-state index contributed by atoms with van der Waals surface area (Å²) in [6.07, 6.45) is 0.213. The number of para-hydroxylation sites is 2. The number of fused-ring (bicyclic) bond motifs is 8. The maximum Gasteiger partial charge on any atom is 0.361 e. The summed E-state index contributed by atoms with van der Waals surface area (Å²) in [5, 5.41) is 46.7. The third kappa shape index (κ3) is 7.20. The summed E-state index contributed by atoms with van der Waals surface area (Å²) in [4.78, 5) is 0. The second-order valence-electron chi connectivity index (χ2n) is 11.4. The van der Waals surface area contributed by atoms with Gasteiger partial charge >= 0.3 is 15.2 Å². The van der Waals surface area contributed by atoms with E-state index in [2.05, 4.69) is 0 Å². The van der Waals surface area contributed by atoms with E-state index in [0.717, 1.165) is 0 Å². The van der Waals surface area contributed by atoms with E-state index in [4.69, 9.17) is 18.1 Å². The zero-order valence-electron chi connectivity index (χ0n) is 27.6. The van der Waals surface area contributed by atoms with E-state index < -0.39 is 15.2 Å². The Morgan fingerprint density at radius 1 is 0.458 bits per heavy atom. The quantitative estimate of drug-likeness (QED) is 0.113. The number of benzene rings is 4. The SMILES string of the molecule is CCOP(=O)(OCC)c1cc2c(O)c(c1)Cc1cccc(c1O)Cc1cc(P(=O)(OCC)OCC)cc(c1O)Cc1cccc(c1O)C2. The summed E-state index contributed by atoms with van der Waals surface area (Å²) in [6.45, 7) is 7.39. The highest BCUT2D eigenvalue weighted by Gasteiger charge is 2.31. The summed E-state index contributed by atoms with van der Waals surface area (Å²) in [6, 6.07) is 16.7. The molecule has 12 heteroatoms. The Morgan fingerprint density at radius 2 is 0.688 bits per heavy atom. The Kier molecular flexibility index (Phi) is 11.1. The van der Waals surface area contributed by atoms with Gasteiger partial charge in [0, 0.05) is 25.7 Å². The molecule has 0 fully saturated rings. The Hall–Kier alpha value is -3.62. The molecule has 48 heavy (non-hydrogen) atoms. The molecule has 0 heterocycles. The van der Waals surface area contributed by atoms with E-state index in [1.54, 1.807) is 88.4 Å². The molecule has 0 saturated carbocycles. The number of phenolic OH excluding ortho intramolecular Hbond substituents is 4. The van der Waals surface area contributed by atoms with E-state index in [1.807, 2.05) is 0 Å². The molecule has 256 valence electrons. The fraction of sp³-hybridized carbons (Fsp3) is 0.333. The number of rotatable bonds is 10. The number of hydrogen-bond donors (Lipinski definition) is 4. The number of aromatic hydroxyl groups is 4. The zero-order valence-corrected chi connectivity index (χ0v) is 29.4. The van der Waals surface area contributed by atoms with Crippen molar-refractivity contribution >= 4 is 25.8 Å². The lowest BCUT2D eigenvalue weighted by Crippen LogP contribution is -2.14. The van der Waals surface area contributed by atoms with Crippen LogP contribution >= 0.6 is 15.2 Å². The van der Waals surface area contributed by atoms with Crippen LogP contribution in [-0.4, -0.2) is 46.9 Å². The van der Waals surface area contributed by atoms with E-state index in [1.165, 1.54) is 0 Å². The molecule has 4 aromatic rings. The molecule has 10 nitrogen and oxygen atoms in total. The average molecular weight is 697 g/mol. The van der Waals surface area contributed by atoms with Crippen LogP contribution in [0.25, 0.3) is 0 Å². The van der Waals surface area contributed by atoms with Gasteiger partial charge in [0.2, 0.25) is 0 Å². The van der Waals surface area contributed by atoms with Crippen LogP contribution in [0.1, 0.15) is 72.2 Å². The van der Waals surface area contributed by atoms with Crippen molar-refractivity contribution in [3.05, 3.63) is 105 Å². The first-order valence-electron chi connectivity index (χ1n) is 16.0. The number of hydrogen-bond acceptors (Lipinski definition) is 10. The Labute approximate surface area is 281 Å². The van der Waals surface area contributed by atoms with E-state index >= 15 is 0 Å².